The lowest BCUT2D eigenvalue weighted by atomic mass is 10.1. The van der Waals surface area contributed by atoms with Crippen LogP contribution < -0.4 is 11.1 Å². The molecule has 4 nitrogen and oxygen atoms in total. The smallest absolute Gasteiger partial charge is 0.177 e. The number of benzene rings is 2. The van der Waals surface area contributed by atoms with E-state index in [0.29, 0.717) is 10.7 Å². The van der Waals surface area contributed by atoms with Gasteiger partial charge in [-0.25, -0.2) is 8.42 Å². The number of rotatable bonds is 4. The molecular weight excluding hydrogens is 308 g/mol. The van der Waals surface area contributed by atoms with Crippen molar-refractivity contribution in [2.45, 2.75) is 17.9 Å². The number of nitrogens with one attached hydrogen (secondary N) is 1. The molecule has 0 aliphatic heterocycles. The lowest BCUT2D eigenvalue weighted by Crippen LogP contribution is -2.10. The zero-order valence-corrected chi connectivity index (χ0v) is 13.4. The Morgan fingerprint density at radius 1 is 1.19 bits per heavy atom. The normalized spacial score (nSPS) is 12.9. The van der Waals surface area contributed by atoms with Crippen LogP contribution in [0.3, 0.4) is 0 Å². The number of anilines is 2. The Bertz CT molecular complexity index is 760. The summed E-state index contributed by atoms with van der Waals surface area (Å²) in [7, 11) is -3.35. The van der Waals surface area contributed by atoms with E-state index in [1.165, 1.54) is 6.07 Å². The Hall–Kier alpha value is -1.72. The Labute approximate surface area is 129 Å². The number of hydrogen-bond donors (Lipinski definition) is 2. The van der Waals surface area contributed by atoms with E-state index < -0.39 is 9.84 Å². The summed E-state index contributed by atoms with van der Waals surface area (Å²) >= 11 is 5.98. The van der Waals surface area contributed by atoms with Crippen molar-refractivity contribution in [1.29, 1.82) is 0 Å². The third-order valence-electron chi connectivity index (χ3n) is 3.19. The van der Waals surface area contributed by atoms with Crippen LogP contribution >= 0.6 is 11.6 Å². The van der Waals surface area contributed by atoms with Gasteiger partial charge in [0, 0.05) is 17.3 Å². The molecule has 6 heteroatoms. The maximum Gasteiger partial charge on any atom is 0.177 e. The Kier molecular flexibility index (Phi) is 4.44. The number of sulfone groups is 1. The Balaban J connectivity index is 2.32. The van der Waals surface area contributed by atoms with Gasteiger partial charge in [0.15, 0.2) is 9.84 Å². The van der Waals surface area contributed by atoms with E-state index in [2.05, 4.69) is 5.32 Å². The fraction of sp³-hybridized carbons (Fsp3) is 0.200. The molecule has 2 rings (SSSR count). The van der Waals surface area contributed by atoms with Gasteiger partial charge in [-0.2, -0.15) is 0 Å². The summed E-state index contributed by atoms with van der Waals surface area (Å²) in [5.41, 5.74) is 7.77. The van der Waals surface area contributed by atoms with Gasteiger partial charge in [-0.15, -0.1) is 0 Å². The van der Waals surface area contributed by atoms with Crippen LogP contribution in [-0.2, 0) is 9.84 Å². The first-order chi connectivity index (χ1) is 9.79. The summed E-state index contributed by atoms with van der Waals surface area (Å²) in [5.74, 6) is 0. The number of nitrogens with two attached hydrogens (primary N) is 1. The average molecular weight is 325 g/mol. The summed E-state index contributed by atoms with van der Waals surface area (Å²) in [5, 5.41) is 3.87. The zero-order chi connectivity index (χ0) is 15.6. The highest BCUT2D eigenvalue weighted by atomic mass is 35.5. The van der Waals surface area contributed by atoms with Crippen molar-refractivity contribution < 1.29 is 8.42 Å². The highest BCUT2D eigenvalue weighted by Gasteiger charge is 2.15. The molecule has 0 bridgehead atoms. The fourth-order valence-electron chi connectivity index (χ4n) is 2.09. The van der Waals surface area contributed by atoms with Crippen molar-refractivity contribution in [3.05, 3.63) is 53.1 Å². The van der Waals surface area contributed by atoms with Crippen LogP contribution in [0, 0.1) is 0 Å². The predicted molar refractivity (Wildman–Crippen MR) is 87.5 cm³/mol. The molecule has 0 spiro atoms. The molecule has 0 aliphatic rings. The number of para-hydroxylation sites is 1. The molecule has 0 aliphatic carbocycles. The number of nitrogen functional groups attached to an aromatic ring is 1. The summed E-state index contributed by atoms with van der Waals surface area (Å²) < 4.78 is 23.4. The molecule has 0 saturated carbocycles. The molecule has 21 heavy (non-hydrogen) atoms. The van der Waals surface area contributed by atoms with E-state index in [1.54, 1.807) is 18.2 Å². The van der Waals surface area contributed by atoms with E-state index in [-0.39, 0.29) is 16.6 Å². The van der Waals surface area contributed by atoms with Crippen LogP contribution in [0.4, 0.5) is 11.4 Å². The predicted octanol–water partition coefficient (Wildman–Crippen LogP) is 3.50. The number of hydrogen-bond acceptors (Lipinski definition) is 4. The summed E-state index contributed by atoms with van der Waals surface area (Å²) in [6.07, 6.45) is 1.14. The Morgan fingerprint density at radius 2 is 1.86 bits per heavy atom. The SMILES string of the molecule is CC(Nc1cccc(S(C)(=O)=O)c1N)c1cccc(Cl)c1. The molecule has 0 amide bonds. The van der Waals surface area contributed by atoms with Gasteiger partial charge >= 0.3 is 0 Å². The summed E-state index contributed by atoms with van der Waals surface area (Å²) in [6.45, 7) is 1.96. The average Bonchev–Trinajstić information content (AvgIpc) is 2.39. The Morgan fingerprint density at radius 3 is 2.48 bits per heavy atom. The zero-order valence-electron chi connectivity index (χ0n) is 11.8. The highest BCUT2D eigenvalue weighted by Crippen LogP contribution is 2.30. The fourth-order valence-corrected chi connectivity index (χ4v) is 3.12. The molecular formula is C15H17ClN2O2S. The number of halogens is 1. The van der Waals surface area contributed by atoms with Gasteiger partial charge in [-0.05, 0) is 36.8 Å². The first-order valence-corrected chi connectivity index (χ1v) is 8.66. The lowest BCUT2D eigenvalue weighted by Gasteiger charge is -2.18. The molecule has 0 radical (unpaired) electrons. The molecule has 3 N–H and O–H groups in total. The van der Waals surface area contributed by atoms with Crippen molar-refractivity contribution in [2.24, 2.45) is 0 Å². The van der Waals surface area contributed by atoms with Gasteiger partial charge in [-0.1, -0.05) is 29.8 Å². The molecule has 0 heterocycles. The van der Waals surface area contributed by atoms with E-state index in [4.69, 9.17) is 17.3 Å². The molecule has 0 aromatic heterocycles. The van der Waals surface area contributed by atoms with Crippen LogP contribution in [0.25, 0.3) is 0 Å². The minimum atomic E-state index is -3.35. The van der Waals surface area contributed by atoms with Crippen molar-refractivity contribution in [3.63, 3.8) is 0 Å². The summed E-state index contributed by atoms with van der Waals surface area (Å²) in [6, 6.07) is 12.3. The maximum atomic E-state index is 11.7. The van der Waals surface area contributed by atoms with Crippen LogP contribution in [0.2, 0.25) is 5.02 Å². The molecule has 0 fully saturated rings. The molecule has 112 valence electrons. The van der Waals surface area contributed by atoms with Crippen molar-refractivity contribution in [3.8, 4) is 0 Å². The van der Waals surface area contributed by atoms with E-state index in [1.807, 2.05) is 25.1 Å². The molecule has 0 saturated heterocycles. The minimum absolute atomic E-state index is 0.0548. The molecule has 2 aromatic rings. The largest absolute Gasteiger partial charge is 0.396 e. The summed E-state index contributed by atoms with van der Waals surface area (Å²) in [4.78, 5) is 0.130. The first kappa shape index (κ1) is 15.7. The topological polar surface area (TPSA) is 72.2 Å². The van der Waals surface area contributed by atoms with Gasteiger partial charge < -0.3 is 11.1 Å². The van der Waals surface area contributed by atoms with Gasteiger partial charge in [0.2, 0.25) is 0 Å². The third-order valence-corrected chi connectivity index (χ3v) is 4.58. The maximum absolute atomic E-state index is 11.7. The molecule has 2 aromatic carbocycles. The highest BCUT2D eigenvalue weighted by molar-refractivity contribution is 7.90. The van der Waals surface area contributed by atoms with Crippen molar-refractivity contribution >= 4 is 32.8 Å². The van der Waals surface area contributed by atoms with E-state index >= 15 is 0 Å². The minimum Gasteiger partial charge on any atom is -0.396 e. The van der Waals surface area contributed by atoms with Crippen LogP contribution in [0.15, 0.2) is 47.4 Å². The van der Waals surface area contributed by atoms with Crippen LogP contribution in [0.5, 0.6) is 0 Å². The monoisotopic (exact) mass is 324 g/mol. The van der Waals surface area contributed by atoms with E-state index in [0.717, 1.165) is 11.8 Å². The standard InChI is InChI=1S/C15H17ClN2O2S/c1-10(11-5-3-6-12(16)9-11)18-13-7-4-8-14(15(13)17)21(2,19)20/h3-10,18H,17H2,1-2H3. The van der Waals surface area contributed by atoms with Gasteiger partial charge in [0.1, 0.15) is 0 Å². The molecule has 1 atom stereocenters. The van der Waals surface area contributed by atoms with Crippen molar-refractivity contribution in [2.75, 3.05) is 17.3 Å². The third kappa shape index (κ3) is 3.68. The second-order valence-electron chi connectivity index (χ2n) is 4.91. The lowest BCUT2D eigenvalue weighted by molar-refractivity contribution is 0.602. The van der Waals surface area contributed by atoms with Crippen LogP contribution in [0.1, 0.15) is 18.5 Å². The van der Waals surface area contributed by atoms with E-state index in [9.17, 15) is 8.42 Å². The molecule has 1 unspecified atom stereocenters. The van der Waals surface area contributed by atoms with Gasteiger partial charge in [0.25, 0.3) is 0 Å². The van der Waals surface area contributed by atoms with Crippen molar-refractivity contribution in [1.82, 2.24) is 0 Å². The first-order valence-electron chi connectivity index (χ1n) is 6.39. The van der Waals surface area contributed by atoms with Crippen LogP contribution in [-0.4, -0.2) is 14.7 Å². The second-order valence-corrected chi connectivity index (χ2v) is 7.33. The second kappa shape index (κ2) is 5.95. The van der Waals surface area contributed by atoms with Gasteiger partial charge in [-0.3, -0.25) is 0 Å². The van der Waals surface area contributed by atoms with Gasteiger partial charge in [0.05, 0.1) is 16.3 Å². The quantitative estimate of drug-likeness (QED) is 0.844.